The normalized spacial score (nSPS) is 18.1. The number of halogens is 1. The minimum Gasteiger partial charge on any atom is -0.317 e. The standard InChI is InChI=1S/C20H23BrN2O/c1-15-6-5-7-16(14-15)19-8-3-2-4-13-23(19)20(24)22-18-11-9-17(21)10-12-18/h5-7,9-12,14,19H,2-4,8,13H2,1H3,(H,22,24)/t19-/m0/s1. The molecule has 1 atom stereocenters. The molecule has 0 unspecified atom stereocenters. The first kappa shape index (κ1) is 17.0. The first-order valence-electron chi connectivity index (χ1n) is 8.53. The van der Waals surface area contributed by atoms with E-state index in [-0.39, 0.29) is 12.1 Å². The quantitative estimate of drug-likeness (QED) is 0.683. The van der Waals surface area contributed by atoms with Crippen LogP contribution in [0.1, 0.15) is 42.9 Å². The van der Waals surface area contributed by atoms with Crippen molar-refractivity contribution in [2.45, 2.75) is 38.6 Å². The lowest BCUT2D eigenvalue weighted by molar-refractivity contribution is 0.189. The summed E-state index contributed by atoms with van der Waals surface area (Å²) < 4.78 is 1.01. The van der Waals surface area contributed by atoms with E-state index in [1.807, 2.05) is 29.2 Å². The van der Waals surface area contributed by atoms with E-state index in [2.05, 4.69) is 52.4 Å². The van der Waals surface area contributed by atoms with Crippen LogP contribution in [-0.2, 0) is 0 Å². The Morgan fingerprint density at radius 3 is 2.67 bits per heavy atom. The molecule has 1 N–H and O–H groups in total. The first-order valence-corrected chi connectivity index (χ1v) is 9.32. The summed E-state index contributed by atoms with van der Waals surface area (Å²) in [6.07, 6.45) is 4.44. The average Bonchev–Trinajstić information content (AvgIpc) is 2.83. The minimum absolute atomic E-state index is 0.00858. The molecule has 0 radical (unpaired) electrons. The number of carbonyl (C=O) groups excluding carboxylic acids is 1. The van der Waals surface area contributed by atoms with Gasteiger partial charge in [0, 0.05) is 16.7 Å². The summed E-state index contributed by atoms with van der Waals surface area (Å²) in [4.78, 5) is 14.9. The van der Waals surface area contributed by atoms with Crippen molar-refractivity contribution < 1.29 is 4.79 Å². The summed E-state index contributed by atoms with van der Waals surface area (Å²) in [7, 11) is 0. The maximum absolute atomic E-state index is 12.9. The molecule has 3 rings (SSSR count). The van der Waals surface area contributed by atoms with E-state index in [4.69, 9.17) is 0 Å². The van der Waals surface area contributed by atoms with Crippen LogP contribution in [0.25, 0.3) is 0 Å². The Labute approximate surface area is 152 Å². The number of anilines is 1. The van der Waals surface area contributed by atoms with Crippen LogP contribution in [0.15, 0.2) is 53.0 Å². The summed E-state index contributed by atoms with van der Waals surface area (Å²) >= 11 is 3.42. The molecule has 2 amide bonds. The van der Waals surface area contributed by atoms with Gasteiger partial charge in [0.25, 0.3) is 0 Å². The van der Waals surface area contributed by atoms with Gasteiger partial charge < -0.3 is 10.2 Å². The van der Waals surface area contributed by atoms with E-state index in [9.17, 15) is 4.79 Å². The van der Waals surface area contributed by atoms with Gasteiger partial charge >= 0.3 is 6.03 Å². The molecule has 1 heterocycles. The topological polar surface area (TPSA) is 32.3 Å². The third kappa shape index (κ3) is 4.18. The fraction of sp³-hybridized carbons (Fsp3) is 0.350. The van der Waals surface area contributed by atoms with Gasteiger partial charge in [-0.1, -0.05) is 58.6 Å². The molecule has 0 bridgehead atoms. The summed E-state index contributed by atoms with van der Waals surface area (Å²) in [6.45, 7) is 2.91. The van der Waals surface area contributed by atoms with Gasteiger partial charge in [-0.05, 0) is 49.6 Å². The van der Waals surface area contributed by atoms with Crippen LogP contribution in [-0.4, -0.2) is 17.5 Å². The molecule has 2 aromatic carbocycles. The molecule has 1 fully saturated rings. The number of nitrogens with one attached hydrogen (secondary N) is 1. The smallest absolute Gasteiger partial charge is 0.317 e. The molecule has 0 aromatic heterocycles. The Balaban J connectivity index is 1.81. The lowest BCUT2D eigenvalue weighted by Crippen LogP contribution is -2.38. The first-order chi connectivity index (χ1) is 11.6. The van der Waals surface area contributed by atoms with E-state index in [1.165, 1.54) is 24.0 Å². The molecule has 1 aliphatic heterocycles. The highest BCUT2D eigenvalue weighted by atomic mass is 79.9. The fourth-order valence-corrected chi connectivity index (χ4v) is 3.57. The Morgan fingerprint density at radius 1 is 1.12 bits per heavy atom. The van der Waals surface area contributed by atoms with E-state index in [1.54, 1.807) is 0 Å². The number of benzene rings is 2. The number of nitrogens with zero attached hydrogens (tertiary/aromatic N) is 1. The predicted molar refractivity (Wildman–Crippen MR) is 102 cm³/mol. The molecule has 0 aliphatic carbocycles. The lowest BCUT2D eigenvalue weighted by atomic mass is 9.99. The zero-order valence-corrected chi connectivity index (χ0v) is 15.6. The number of rotatable bonds is 2. The predicted octanol–water partition coefficient (Wildman–Crippen LogP) is 5.91. The third-order valence-electron chi connectivity index (χ3n) is 4.54. The fourth-order valence-electron chi connectivity index (χ4n) is 3.30. The van der Waals surface area contributed by atoms with E-state index in [0.717, 1.165) is 29.5 Å². The van der Waals surface area contributed by atoms with Gasteiger partial charge in [0.2, 0.25) is 0 Å². The van der Waals surface area contributed by atoms with Crippen molar-refractivity contribution in [3.05, 3.63) is 64.1 Å². The molecule has 4 heteroatoms. The molecule has 0 spiro atoms. The molecular weight excluding hydrogens is 364 g/mol. The Kier molecular flexibility index (Phi) is 5.56. The molecule has 3 nitrogen and oxygen atoms in total. The molecule has 0 saturated carbocycles. The number of hydrogen-bond donors (Lipinski definition) is 1. The van der Waals surface area contributed by atoms with Crippen LogP contribution < -0.4 is 5.32 Å². The van der Waals surface area contributed by atoms with Gasteiger partial charge in [-0.3, -0.25) is 0 Å². The second kappa shape index (κ2) is 7.84. The maximum Gasteiger partial charge on any atom is 0.322 e. The molecule has 1 aliphatic rings. The second-order valence-electron chi connectivity index (χ2n) is 6.41. The number of likely N-dealkylation sites (tertiary alicyclic amines) is 1. The number of urea groups is 1. The monoisotopic (exact) mass is 386 g/mol. The highest BCUT2D eigenvalue weighted by Crippen LogP contribution is 2.31. The number of hydrogen-bond acceptors (Lipinski definition) is 1. The van der Waals surface area contributed by atoms with Gasteiger partial charge in [0.05, 0.1) is 6.04 Å². The van der Waals surface area contributed by atoms with Crippen LogP contribution in [0.4, 0.5) is 10.5 Å². The number of amides is 2. The molecule has 24 heavy (non-hydrogen) atoms. The Hall–Kier alpha value is -1.81. The molecule has 126 valence electrons. The third-order valence-corrected chi connectivity index (χ3v) is 5.06. The van der Waals surface area contributed by atoms with Crippen LogP contribution in [0.5, 0.6) is 0 Å². The van der Waals surface area contributed by atoms with Crippen LogP contribution >= 0.6 is 15.9 Å². The van der Waals surface area contributed by atoms with Crippen molar-refractivity contribution >= 4 is 27.6 Å². The van der Waals surface area contributed by atoms with Crippen molar-refractivity contribution in [3.8, 4) is 0 Å². The second-order valence-corrected chi connectivity index (χ2v) is 7.33. The van der Waals surface area contributed by atoms with Gasteiger partial charge in [-0.15, -0.1) is 0 Å². The number of aryl methyl sites for hydroxylation is 1. The maximum atomic E-state index is 12.9. The largest absolute Gasteiger partial charge is 0.322 e. The summed E-state index contributed by atoms with van der Waals surface area (Å²) in [6, 6.07) is 16.4. The van der Waals surface area contributed by atoms with Crippen molar-refractivity contribution in [2.75, 3.05) is 11.9 Å². The van der Waals surface area contributed by atoms with Crippen LogP contribution in [0.2, 0.25) is 0 Å². The molecule has 2 aromatic rings. The van der Waals surface area contributed by atoms with E-state index < -0.39 is 0 Å². The van der Waals surface area contributed by atoms with Gasteiger partial charge in [-0.25, -0.2) is 4.79 Å². The number of carbonyl (C=O) groups is 1. The van der Waals surface area contributed by atoms with Crippen LogP contribution in [0, 0.1) is 6.92 Å². The van der Waals surface area contributed by atoms with Crippen molar-refractivity contribution in [3.63, 3.8) is 0 Å². The highest BCUT2D eigenvalue weighted by molar-refractivity contribution is 9.10. The van der Waals surface area contributed by atoms with Crippen molar-refractivity contribution in [1.82, 2.24) is 4.90 Å². The zero-order valence-electron chi connectivity index (χ0n) is 14.0. The summed E-state index contributed by atoms with van der Waals surface area (Å²) in [5.74, 6) is 0. The summed E-state index contributed by atoms with van der Waals surface area (Å²) in [5, 5.41) is 3.05. The lowest BCUT2D eigenvalue weighted by Gasteiger charge is -2.30. The zero-order chi connectivity index (χ0) is 16.9. The van der Waals surface area contributed by atoms with E-state index in [0.29, 0.717) is 0 Å². The van der Waals surface area contributed by atoms with Gasteiger partial charge in [-0.2, -0.15) is 0 Å². The SMILES string of the molecule is Cc1cccc([C@@H]2CCCCCN2C(=O)Nc2ccc(Br)cc2)c1. The molecular formula is C20H23BrN2O. The minimum atomic E-state index is -0.00858. The van der Waals surface area contributed by atoms with E-state index >= 15 is 0 Å². The Morgan fingerprint density at radius 2 is 1.92 bits per heavy atom. The van der Waals surface area contributed by atoms with Crippen LogP contribution in [0.3, 0.4) is 0 Å². The Bertz CT molecular complexity index is 699. The molecule has 1 saturated heterocycles. The van der Waals surface area contributed by atoms with Gasteiger partial charge in [0.15, 0.2) is 0 Å². The van der Waals surface area contributed by atoms with Crippen molar-refractivity contribution in [1.29, 1.82) is 0 Å². The van der Waals surface area contributed by atoms with Crippen molar-refractivity contribution in [2.24, 2.45) is 0 Å². The van der Waals surface area contributed by atoms with Gasteiger partial charge in [0.1, 0.15) is 0 Å². The summed E-state index contributed by atoms with van der Waals surface area (Å²) in [5.41, 5.74) is 3.31. The highest BCUT2D eigenvalue weighted by Gasteiger charge is 2.26. The average molecular weight is 387 g/mol.